The summed E-state index contributed by atoms with van der Waals surface area (Å²) in [6.07, 6.45) is 2.01. The molecule has 0 radical (unpaired) electrons. The Balaban J connectivity index is 0.000000160. The van der Waals surface area contributed by atoms with Gasteiger partial charge in [-0.2, -0.15) is 5.10 Å². The molecule has 0 spiro atoms. The standard InChI is InChI=1S/C6H10N2.C5H9N3/c1-5-4-8(3)6(2)7-5;1-4-6-5(2)8(3)7-4/h4H,1-3H3;1-3H3. The van der Waals surface area contributed by atoms with Gasteiger partial charge in [0.15, 0.2) is 0 Å². The third-order valence-electron chi connectivity index (χ3n) is 2.32. The van der Waals surface area contributed by atoms with Crippen molar-refractivity contribution in [3.8, 4) is 0 Å². The fourth-order valence-electron chi connectivity index (χ4n) is 1.35. The molecule has 0 atom stereocenters. The van der Waals surface area contributed by atoms with E-state index in [2.05, 4.69) is 15.1 Å². The van der Waals surface area contributed by atoms with Crippen LogP contribution in [-0.4, -0.2) is 24.3 Å². The third kappa shape index (κ3) is 3.18. The molecule has 2 aromatic heterocycles. The zero-order valence-corrected chi connectivity index (χ0v) is 10.8. The van der Waals surface area contributed by atoms with Crippen molar-refractivity contribution in [2.24, 2.45) is 14.1 Å². The van der Waals surface area contributed by atoms with Crippen LogP contribution in [0.3, 0.4) is 0 Å². The van der Waals surface area contributed by atoms with Crippen molar-refractivity contribution in [1.82, 2.24) is 24.3 Å². The van der Waals surface area contributed by atoms with Crippen LogP contribution < -0.4 is 0 Å². The van der Waals surface area contributed by atoms with E-state index in [1.54, 1.807) is 4.68 Å². The molecule has 0 saturated carbocycles. The van der Waals surface area contributed by atoms with Crippen LogP contribution >= 0.6 is 0 Å². The van der Waals surface area contributed by atoms with Crippen LogP contribution in [0.5, 0.6) is 0 Å². The SMILES string of the molecule is Cc1cn(C)c(C)n1.Cc1nc(C)n(C)n1. The van der Waals surface area contributed by atoms with Gasteiger partial charge in [0.2, 0.25) is 0 Å². The minimum Gasteiger partial charge on any atom is -0.338 e. The summed E-state index contributed by atoms with van der Waals surface area (Å²) >= 11 is 0. The van der Waals surface area contributed by atoms with Crippen LogP contribution in [0.15, 0.2) is 6.20 Å². The number of nitrogens with zero attached hydrogens (tertiary/aromatic N) is 5. The maximum absolute atomic E-state index is 4.17. The number of hydrogen-bond donors (Lipinski definition) is 0. The Morgan fingerprint density at radius 2 is 1.56 bits per heavy atom. The second-order valence-electron chi connectivity index (χ2n) is 3.87. The average molecular weight is 221 g/mol. The maximum Gasteiger partial charge on any atom is 0.147 e. The van der Waals surface area contributed by atoms with Crippen LogP contribution in [0.2, 0.25) is 0 Å². The summed E-state index contributed by atoms with van der Waals surface area (Å²) < 4.78 is 3.77. The molecule has 88 valence electrons. The Morgan fingerprint density at radius 3 is 1.69 bits per heavy atom. The van der Waals surface area contributed by atoms with Crippen molar-refractivity contribution in [2.75, 3.05) is 0 Å². The highest BCUT2D eigenvalue weighted by atomic mass is 15.3. The summed E-state index contributed by atoms with van der Waals surface area (Å²) in [5, 5.41) is 4.02. The highest BCUT2D eigenvalue weighted by Gasteiger charge is 1.93. The molecule has 16 heavy (non-hydrogen) atoms. The predicted octanol–water partition coefficient (Wildman–Crippen LogP) is 1.47. The summed E-state index contributed by atoms with van der Waals surface area (Å²) in [4.78, 5) is 8.24. The van der Waals surface area contributed by atoms with E-state index in [-0.39, 0.29) is 0 Å². The molecule has 0 aromatic carbocycles. The fourth-order valence-corrected chi connectivity index (χ4v) is 1.35. The molecule has 0 saturated heterocycles. The van der Waals surface area contributed by atoms with Crippen molar-refractivity contribution in [3.05, 3.63) is 29.4 Å². The van der Waals surface area contributed by atoms with Gasteiger partial charge in [-0.05, 0) is 27.7 Å². The lowest BCUT2D eigenvalue weighted by Crippen LogP contribution is -1.92. The van der Waals surface area contributed by atoms with Gasteiger partial charge in [0.25, 0.3) is 0 Å². The first-order valence-electron chi connectivity index (χ1n) is 5.21. The van der Waals surface area contributed by atoms with E-state index in [4.69, 9.17) is 0 Å². The molecule has 0 fully saturated rings. The van der Waals surface area contributed by atoms with Gasteiger partial charge in [-0.25, -0.2) is 9.97 Å². The molecule has 2 aromatic rings. The van der Waals surface area contributed by atoms with Gasteiger partial charge in [0.1, 0.15) is 17.5 Å². The Labute approximate surface area is 96.1 Å². The van der Waals surface area contributed by atoms with Crippen LogP contribution in [0.1, 0.15) is 23.2 Å². The van der Waals surface area contributed by atoms with E-state index in [9.17, 15) is 0 Å². The lowest BCUT2D eigenvalue weighted by molar-refractivity contribution is 0.728. The minimum absolute atomic E-state index is 0.838. The molecular weight excluding hydrogens is 202 g/mol. The normalized spacial score (nSPS) is 9.88. The van der Waals surface area contributed by atoms with Gasteiger partial charge >= 0.3 is 0 Å². The summed E-state index contributed by atoms with van der Waals surface area (Å²) in [5.74, 6) is 2.87. The first kappa shape index (κ1) is 12.4. The number of hydrogen-bond acceptors (Lipinski definition) is 3. The van der Waals surface area contributed by atoms with Gasteiger partial charge in [0.05, 0.1) is 5.69 Å². The molecule has 0 aliphatic heterocycles. The molecule has 0 unspecified atom stereocenters. The van der Waals surface area contributed by atoms with Gasteiger partial charge in [-0.15, -0.1) is 0 Å². The Kier molecular flexibility index (Phi) is 3.82. The Morgan fingerprint density at radius 1 is 0.938 bits per heavy atom. The second kappa shape index (κ2) is 4.92. The van der Waals surface area contributed by atoms with Crippen molar-refractivity contribution in [1.29, 1.82) is 0 Å². The lowest BCUT2D eigenvalue weighted by atomic mass is 10.6. The Hall–Kier alpha value is -1.65. The number of rotatable bonds is 0. The van der Waals surface area contributed by atoms with E-state index in [0.29, 0.717) is 0 Å². The first-order valence-corrected chi connectivity index (χ1v) is 5.21. The molecule has 5 nitrogen and oxygen atoms in total. The van der Waals surface area contributed by atoms with Crippen LogP contribution in [0, 0.1) is 27.7 Å². The summed E-state index contributed by atoms with van der Waals surface area (Å²) in [6.45, 7) is 7.80. The van der Waals surface area contributed by atoms with E-state index in [1.807, 2.05) is 52.6 Å². The van der Waals surface area contributed by atoms with Crippen LogP contribution in [-0.2, 0) is 14.1 Å². The summed E-state index contributed by atoms with van der Waals surface area (Å²) in [6, 6.07) is 0. The van der Waals surface area contributed by atoms with Gasteiger partial charge in [0, 0.05) is 20.3 Å². The van der Waals surface area contributed by atoms with Crippen molar-refractivity contribution in [3.63, 3.8) is 0 Å². The fraction of sp³-hybridized carbons (Fsp3) is 0.545. The Bertz CT molecular complexity index is 383. The van der Waals surface area contributed by atoms with Crippen LogP contribution in [0.4, 0.5) is 0 Å². The monoisotopic (exact) mass is 221 g/mol. The third-order valence-corrected chi connectivity index (χ3v) is 2.32. The zero-order valence-electron chi connectivity index (χ0n) is 10.8. The van der Waals surface area contributed by atoms with E-state index in [0.717, 1.165) is 23.2 Å². The largest absolute Gasteiger partial charge is 0.338 e. The lowest BCUT2D eigenvalue weighted by Gasteiger charge is -1.87. The smallest absolute Gasteiger partial charge is 0.147 e. The number of imidazole rings is 1. The van der Waals surface area contributed by atoms with Crippen molar-refractivity contribution in [2.45, 2.75) is 27.7 Å². The number of aryl methyl sites for hydroxylation is 6. The van der Waals surface area contributed by atoms with Gasteiger partial charge in [-0.3, -0.25) is 4.68 Å². The summed E-state index contributed by atoms with van der Waals surface area (Å²) in [5.41, 5.74) is 1.09. The molecular formula is C11H19N5. The van der Waals surface area contributed by atoms with E-state index >= 15 is 0 Å². The van der Waals surface area contributed by atoms with Crippen LogP contribution in [0.25, 0.3) is 0 Å². The zero-order chi connectivity index (χ0) is 12.3. The van der Waals surface area contributed by atoms with E-state index < -0.39 is 0 Å². The topological polar surface area (TPSA) is 48.5 Å². The highest BCUT2D eigenvalue weighted by Crippen LogP contribution is 1.95. The summed E-state index contributed by atoms with van der Waals surface area (Å²) in [7, 11) is 3.88. The second-order valence-corrected chi connectivity index (χ2v) is 3.87. The first-order chi connectivity index (χ1) is 7.40. The molecule has 0 amide bonds. The molecule has 0 bridgehead atoms. The van der Waals surface area contributed by atoms with Crippen molar-refractivity contribution < 1.29 is 0 Å². The molecule has 5 heteroatoms. The maximum atomic E-state index is 4.17. The van der Waals surface area contributed by atoms with Gasteiger partial charge < -0.3 is 4.57 Å². The average Bonchev–Trinajstić information content (AvgIpc) is 2.58. The van der Waals surface area contributed by atoms with E-state index in [1.165, 1.54) is 0 Å². The molecule has 0 aliphatic carbocycles. The molecule has 2 heterocycles. The quantitative estimate of drug-likeness (QED) is 0.677. The molecule has 0 aliphatic rings. The molecule has 2 rings (SSSR count). The molecule has 0 N–H and O–H groups in total. The number of aromatic nitrogens is 5. The van der Waals surface area contributed by atoms with Crippen molar-refractivity contribution >= 4 is 0 Å². The minimum atomic E-state index is 0.838. The predicted molar refractivity (Wildman–Crippen MR) is 63.2 cm³/mol. The van der Waals surface area contributed by atoms with Gasteiger partial charge in [-0.1, -0.05) is 0 Å². The highest BCUT2D eigenvalue weighted by molar-refractivity contribution is 4.98.